The van der Waals surface area contributed by atoms with Gasteiger partial charge in [-0.1, -0.05) is 17.9 Å². The molecule has 1 heterocycles. The van der Waals surface area contributed by atoms with E-state index in [1.54, 1.807) is 43.3 Å². The molecule has 0 saturated carbocycles. The van der Waals surface area contributed by atoms with Crippen LogP contribution in [0.2, 0.25) is 0 Å². The second-order valence-corrected chi connectivity index (χ2v) is 7.81. The van der Waals surface area contributed by atoms with Crippen LogP contribution in [-0.4, -0.2) is 22.7 Å². The Labute approximate surface area is 195 Å². The number of nitrogens with two attached hydrogens (primary N) is 2. The van der Waals surface area contributed by atoms with Gasteiger partial charge in [-0.2, -0.15) is 13.2 Å². The van der Waals surface area contributed by atoms with Gasteiger partial charge in [0.15, 0.2) is 11.6 Å². The number of ketones is 2. The van der Waals surface area contributed by atoms with E-state index in [9.17, 15) is 22.8 Å². The topological polar surface area (TPSA) is 99.1 Å². The first-order valence-corrected chi connectivity index (χ1v) is 10.4. The second-order valence-electron chi connectivity index (χ2n) is 7.81. The molecule has 0 radical (unpaired) electrons. The molecule has 34 heavy (non-hydrogen) atoms. The van der Waals surface area contributed by atoms with Crippen molar-refractivity contribution < 1.29 is 22.8 Å². The van der Waals surface area contributed by atoms with E-state index < -0.39 is 29.3 Å². The fraction of sp³-hybridized carbons (Fsp3) is 0.192. The Balaban J connectivity index is 1.95. The van der Waals surface area contributed by atoms with Crippen LogP contribution in [0.15, 0.2) is 60.8 Å². The number of alkyl halides is 3. The van der Waals surface area contributed by atoms with Crippen molar-refractivity contribution in [3.8, 4) is 11.8 Å². The molecule has 0 aliphatic rings. The van der Waals surface area contributed by atoms with Gasteiger partial charge in [-0.3, -0.25) is 14.6 Å². The zero-order valence-electron chi connectivity index (χ0n) is 18.3. The Morgan fingerprint density at radius 1 is 0.971 bits per heavy atom. The number of nitrogens with zero attached hydrogens (tertiary/aromatic N) is 1. The lowest BCUT2D eigenvalue weighted by atomic mass is 9.97. The number of carbonyl (C=O) groups excluding carboxylic acids is 2. The molecule has 0 unspecified atom stereocenters. The van der Waals surface area contributed by atoms with Crippen LogP contribution in [0, 0.1) is 18.8 Å². The molecular weight excluding hydrogens is 443 g/mol. The molecule has 8 heteroatoms. The van der Waals surface area contributed by atoms with Crippen LogP contribution in [0.1, 0.15) is 55.1 Å². The summed E-state index contributed by atoms with van der Waals surface area (Å²) in [6.45, 7) is 1.79. The maximum Gasteiger partial charge on any atom is 0.417 e. The highest BCUT2D eigenvalue weighted by atomic mass is 19.4. The first-order chi connectivity index (χ1) is 16.0. The van der Waals surface area contributed by atoms with Crippen LogP contribution in [0.3, 0.4) is 0 Å². The van der Waals surface area contributed by atoms with E-state index >= 15 is 0 Å². The van der Waals surface area contributed by atoms with Crippen molar-refractivity contribution in [1.29, 1.82) is 0 Å². The highest BCUT2D eigenvalue weighted by Gasteiger charge is 2.35. The van der Waals surface area contributed by atoms with Crippen LogP contribution < -0.4 is 11.5 Å². The lowest BCUT2D eigenvalue weighted by Crippen LogP contribution is -2.32. The zero-order valence-corrected chi connectivity index (χ0v) is 18.3. The third kappa shape index (κ3) is 6.61. The molecule has 4 N–H and O–H groups in total. The molecular formula is C26H22F3N3O2. The molecule has 0 bridgehead atoms. The number of hydrogen-bond donors (Lipinski definition) is 2. The van der Waals surface area contributed by atoms with Crippen LogP contribution in [0.5, 0.6) is 0 Å². The van der Waals surface area contributed by atoms with Gasteiger partial charge in [-0.15, -0.1) is 0 Å². The maximum atomic E-state index is 13.5. The minimum absolute atomic E-state index is 0.0308. The number of carbonyl (C=O) groups is 2. The average molecular weight is 465 g/mol. The summed E-state index contributed by atoms with van der Waals surface area (Å²) in [5, 5.41) is 0. The molecule has 5 nitrogen and oxygen atoms in total. The van der Waals surface area contributed by atoms with Gasteiger partial charge in [0.05, 0.1) is 18.2 Å². The Morgan fingerprint density at radius 2 is 1.71 bits per heavy atom. The SMILES string of the molecule is Cc1cc(C#Cc2ccc(C(F)(F)F)c(C(=O)Cc3ccccn3)c2)cc(C(=O)CC(N)N)c1. The van der Waals surface area contributed by atoms with Crippen molar-refractivity contribution in [2.45, 2.75) is 32.1 Å². The molecule has 0 atom stereocenters. The molecule has 174 valence electrons. The lowest BCUT2D eigenvalue weighted by molar-refractivity contribution is -0.137. The van der Waals surface area contributed by atoms with Gasteiger partial charge in [-0.25, -0.2) is 0 Å². The molecule has 0 amide bonds. The quantitative estimate of drug-likeness (QED) is 0.325. The number of hydrogen-bond acceptors (Lipinski definition) is 5. The van der Waals surface area contributed by atoms with E-state index in [2.05, 4.69) is 16.8 Å². The van der Waals surface area contributed by atoms with E-state index in [1.807, 2.05) is 0 Å². The lowest BCUT2D eigenvalue weighted by Gasteiger charge is -2.12. The Bertz CT molecular complexity index is 1270. The van der Waals surface area contributed by atoms with Gasteiger partial charge in [0, 0.05) is 40.6 Å². The van der Waals surface area contributed by atoms with E-state index in [4.69, 9.17) is 11.5 Å². The summed E-state index contributed by atoms with van der Waals surface area (Å²) in [7, 11) is 0. The predicted octanol–water partition coefficient (Wildman–Crippen LogP) is 4.05. The maximum absolute atomic E-state index is 13.5. The number of pyridine rings is 1. The summed E-state index contributed by atoms with van der Waals surface area (Å²) < 4.78 is 40.6. The molecule has 0 spiro atoms. The van der Waals surface area contributed by atoms with Crippen molar-refractivity contribution >= 4 is 11.6 Å². The first-order valence-electron chi connectivity index (χ1n) is 10.4. The summed E-state index contributed by atoms with van der Waals surface area (Å²) in [5.41, 5.74) is 11.7. The highest BCUT2D eigenvalue weighted by Crippen LogP contribution is 2.33. The number of rotatable bonds is 6. The Morgan fingerprint density at radius 3 is 2.35 bits per heavy atom. The highest BCUT2D eigenvalue weighted by molar-refractivity contribution is 5.99. The van der Waals surface area contributed by atoms with Gasteiger partial charge in [-0.05, 0) is 61.0 Å². The predicted molar refractivity (Wildman–Crippen MR) is 122 cm³/mol. The largest absolute Gasteiger partial charge is 0.417 e. The van der Waals surface area contributed by atoms with Crippen molar-refractivity contribution in [2.24, 2.45) is 11.5 Å². The van der Waals surface area contributed by atoms with Crippen LogP contribution in [0.25, 0.3) is 0 Å². The third-order valence-corrected chi connectivity index (χ3v) is 4.86. The van der Waals surface area contributed by atoms with Crippen molar-refractivity contribution in [2.75, 3.05) is 0 Å². The number of aromatic nitrogens is 1. The van der Waals surface area contributed by atoms with Gasteiger partial charge < -0.3 is 11.5 Å². The standard InChI is InChI=1S/C26H22F3N3O2/c1-16-10-18(12-19(11-16)23(33)15-25(30)31)6-5-17-7-8-22(26(27,28)29)21(13-17)24(34)14-20-4-2-3-9-32-20/h2-4,7-13,25H,14-15,30-31H2,1H3. The summed E-state index contributed by atoms with van der Waals surface area (Å²) in [6, 6.07) is 13.1. The summed E-state index contributed by atoms with van der Waals surface area (Å²) in [5.74, 6) is 4.69. The minimum Gasteiger partial charge on any atom is -0.316 e. The second kappa shape index (κ2) is 10.4. The van der Waals surface area contributed by atoms with E-state index in [1.165, 1.54) is 12.3 Å². The zero-order chi connectivity index (χ0) is 24.9. The minimum atomic E-state index is -4.70. The number of aryl methyl sites for hydroxylation is 1. The fourth-order valence-electron chi connectivity index (χ4n) is 3.35. The Hall–Kier alpha value is -3.80. The van der Waals surface area contributed by atoms with Gasteiger partial charge >= 0.3 is 6.18 Å². The van der Waals surface area contributed by atoms with E-state index in [-0.39, 0.29) is 24.2 Å². The number of benzene rings is 2. The smallest absolute Gasteiger partial charge is 0.316 e. The fourth-order valence-corrected chi connectivity index (χ4v) is 3.35. The normalized spacial score (nSPS) is 11.1. The van der Waals surface area contributed by atoms with E-state index in [0.29, 0.717) is 16.8 Å². The summed E-state index contributed by atoms with van der Waals surface area (Å²) in [6.07, 6.45) is -4.31. The third-order valence-electron chi connectivity index (χ3n) is 4.86. The molecule has 0 saturated heterocycles. The van der Waals surface area contributed by atoms with Gasteiger partial charge in [0.1, 0.15) is 0 Å². The molecule has 0 aliphatic carbocycles. The molecule has 3 rings (SSSR count). The van der Waals surface area contributed by atoms with Crippen LogP contribution in [0.4, 0.5) is 13.2 Å². The van der Waals surface area contributed by atoms with Gasteiger partial charge in [0.2, 0.25) is 0 Å². The average Bonchev–Trinajstić information content (AvgIpc) is 2.76. The number of halogens is 3. The number of Topliss-reactive ketones (excluding diaryl/α,β-unsaturated/α-hetero) is 2. The summed E-state index contributed by atoms with van der Waals surface area (Å²) >= 11 is 0. The molecule has 0 aliphatic heterocycles. The van der Waals surface area contributed by atoms with Crippen molar-refractivity contribution in [3.05, 3.63) is 99.9 Å². The summed E-state index contributed by atoms with van der Waals surface area (Å²) in [4.78, 5) is 29.0. The van der Waals surface area contributed by atoms with Crippen molar-refractivity contribution in [3.63, 3.8) is 0 Å². The monoisotopic (exact) mass is 465 g/mol. The van der Waals surface area contributed by atoms with Crippen LogP contribution >= 0.6 is 0 Å². The molecule has 1 aromatic heterocycles. The van der Waals surface area contributed by atoms with E-state index in [0.717, 1.165) is 17.7 Å². The first kappa shape index (κ1) is 24.8. The van der Waals surface area contributed by atoms with Crippen molar-refractivity contribution in [1.82, 2.24) is 4.98 Å². The Kier molecular flexibility index (Phi) is 7.61. The molecule has 2 aromatic carbocycles. The van der Waals surface area contributed by atoms with Gasteiger partial charge in [0.25, 0.3) is 0 Å². The van der Waals surface area contributed by atoms with Crippen LogP contribution in [-0.2, 0) is 12.6 Å². The molecule has 0 fully saturated rings. The molecule has 3 aromatic rings.